The molecule has 5 nitrogen and oxygen atoms in total. The Morgan fingerprint density at radius 3 is 2.19 bits per heavy atom. The largest absolute Gasteiger partial charge is 0.507 e. The van der Waals surface area contributed by atoms with E-state index in [9.17, 15) is 10.2 Å². The summed E-state index contributed by atoms with van der Waals surface area (Å²) in [5, 5.41) is 21.2. The molecule has 2 N–H and O–H groups in total. The number of hydrogen-bond donors (Lipinski definition) is 2. The molecule has 1 unspecified atom stereocenters. The Balaban J connectivity index is 1.87. The van der Waals surface area contributed by atoms with Gasteiger partial charge in [0.2, 0.25) is 0 Å². The van der Waals surface area contributed by atoms with Gasteiger partial charge < -0.3 is 24.1 Å². The first-order valence-corrected chi connectivity index (χ1v) is 18.1. The quantitative estimate of drug-likeness (QED) is 0.104. The van der Waals surface area contributed by atoms with E-state index in [2.05, 4.69) is 52.9 Å². The molecule has 0 saturated heterocycles. The summed E-state index contributed by atoms with van der Waals surface area (Å²) >= 11 is 0. The number of rotatable bonds is 15. The first-order valence-electron chi connectivity index (χ1n) is 15.2. The number of benzene rings is 3. The number of hydrogen-bond acceptors (Lipinski definition) is 5. The molecule has 0 heterocycles. The van der Waals surface area contributed by atoms with Gasteiger partial charge in [-0.1, -0.05) is 76.9 Å². The van der Waals surface area contributed by atoms with Gasteiger partial charge in [-0.15, -0.1) is 0 Å². The van der Waals surface area contributed by atoms with Gasteiger partial charge in [0.25, 0.3) is 0 Å². The smallest absolute Gasteiger partial charge is 0.191 e. The molecule has 0 fully saturated rings. The molecular weight excluding hydrogens is 547 g/mol. The summed E-state index contributed by atoms with van der Waals surface area (Å²) in [6, 6.07) is 16.6. The third-order valence-electron chi connectivity index (χ3n) is 8.18. The van der Waals surface area contributed by atoms with E-state index < -0.39 is 20.4 Å². The number of ether oxygens (including phenoxy) is 2. The predicted molar refractivity (Wildman–Crippen MR) is 172 cm³/mol. The second-order valence-electron chi connectivity index (χ2n) is 12.4. The second kappa shape index (κ2) is 15.1. The van der Waals surface area contributed by atoms with Crippen molar-refractivity contribution in [3.05, 3.63) is 71.5 Å². The number of unbranched alkanes of at least 4 members (excludes halogenated alkanes) is 2. The summed E-state index contributed by atoms with van der Waals surface area (Å²) in [6.07, 6.45) is 4.02. The van der Waals surface area contributed by atoms with Crippen molar-refractivity contribution in [2.75, 3.05) is 19.8 Å². The third kappa shape index (κ3) is 9.14. The monoisotopic (exact) mass is 596 g/mol. The van der Waals surface area contributed by atoms with Gasteiger partial charge in [0.15, 0.2) is 14.6 Å². The lowest BCUT2D eigenvalue weighted by molar-refractivity contribution is -0.115. The summed E-state index contributed by atoms with van der Waals surface area (Å²) in [5.41, 5.74) is 4.30. The molecule has 230 valence electrons. The minimum Gasteiger partial charge on any atom is -0.507 e. The highest BCUT2D eigenvalue weighted by atomic mass is 28.4. The number of aliphatic hydroxyl groups excluding tert-OH is 1. The van der Waals surface area contributed by atoms with Crippen LogP contribution in [0.25, 0.3) is 22.3 Å². The maximum Gasteiger partial charge on any atom is 0.191 e. The van der Waals surface area contributed by atoms with Crippen LogP contribution in [0.1, 0.15) is 65.0 Å². The van der Waals surface area contributed by atoms with E-state index in [0.717, 1.165) is 23.1 Å². The van der Waals surface area contributed by atoms with Crippen molar-refractivity contribution >= 4 is 8.32 Å². The van der Waals surface area contributed by atoms with E-state index in [0.29, 0.717) is 30.9 Å². The van der Waals surface area contributed by atoms with E-state index in [1.54, 1.807) is 25.1 Å². The average Bonchev–Trinajstić information content (AvgIpc) is 2.93. The summed E-state index contributed by atoms with van der Waals surface area (Å²) in [5.74, 6) is -0.0372. The van der Waals surface area contributed by atoms with Crippen molar-refractivity contribution in [3.8, 4) is 33.8 Å². The van der Waals surface area contributed by atoms with Crippen LogP contribution in [0.4, 0.5) is 4.39 Å². The number of aryl methyl sites for hydroxylation is 1. The Hall–Kier alpha value is -2.71. The first kappa shape index (κ1) is 33.8. The Labute approximate surface area is 252 Å². The summed E-state index contributed by atoms with van der Waals surface area (Å²) in [7, 11) is -1.97. The van der Waals surface area contributed by atoms with Crippen LogP contribution in [-0.2, 0) is 22.0 Å². The molecule has 0 saturated carbocycles. The Kier molecular flexibility index (Phi) is 12.2. The second-order valence-corrected chi connectivity index (χ2v) is 17.2. The topological polar surface area (TPSA) is 68.2 Å². The number of phenolic OH excluding ortho intramolecular Hbond substituents is 1. The van der Waals surface area contributed by atoms with Crippen molar-refractivity contribution in [1.29, 1.82) is 0 Å². The third-order valence-corrected chi connectivity index (χ3v) is 12.7. The van der Waals surface area contributed by atoms with Crippen molar-refractivity contribution in [3.63, 3.8) is 0 Å². The Bertz CT molecular complexity index is 1280. The summed E-state index contributed by atoms with van der Waals surface area (Å²) in [4.78, 5) is 0. The van der Waals surface area contributed by atoms with E-state index in [1.165, 1.54) is 30.9 Å². The SMILES string of the molecule is CCCCCc1ccc(-c2ccc(-c3cc(OCC(O)OCC)c(CCO[Si](C)(C)C(C)(C)C)cc3O)c(F)c2)cc1. The zero-order valence-corrected chi connectivity index (χ0v) is 27.4. The number of phenols is 1. The number of halogens is 1. The van der Waals surface area contributed by atoms with Gasteiger partial charge in [0.1, 0.15) is 23.9 Å². The van der Waals surface area contributed by atoms with Crippen molar-refractivity contribution < 1.29 is 28.5 Å². The van der Waals surface area contributed by atoms with Crippen LogP contribution in [0, 0.1) is 5.82 Å². The van der Waals surface area contributed by atoms with E-state index >= 15 is 4.39 Å². The van der Waals surface area contributed by atoms with Crippen LogP contribution >= 0.6 is 0 Å². The molecule has 42 heavy (non-hydrogen) atoms. The highest BCUT2D eigenvalue weighted by Gasteiger charge is 2.37. The summed E-state index contributed by atoms with van der Waals surface area (Å²) < 4.78 is 33.1. The fourth-order valence-electron chi connectivity index (χ4n) is 4.55. The predicted octanol–water partition coefficient (Wildman–Crippen LogP) is 8.90. The highest BCUT2D eigenvalue weighted by Crippen LogP contribution is 2.40. The first-order chi connectivity index (χ1) is 19.9. The lowest BCUT2D eigenvalue weighted by Gasteiger charge is -2.36. The van der Waals surface area contributed by atoms with E-state index in [-0.39, 0.29) is 23.0 Å². The standard InChI is InChI=1S/C35H49FO5Si/c1-8-10-11-12-25-13-15-26(16-14-25)27-17-18-29(31(36)21-27)30-23-33(40-24-34(38)39-9-2)28(22-32(30)37)19-20-41-42(6,7)35(3,4)5/h13-18,21-23,34,37-38H,8-12,19-20,24H2,1-7H3. The van der Waals surface area contributed by atoms with Gasteiger partial charge in [-0.2, -0.15) is 0 Å². The lowest BCUT2D eigenvalue weighted by atomic mass is 9.96. The van der Waals surface area contributed by atoms with Crippen LogP contribution < -0.4 is 4.74 Å². The van der Waals surface area contributed by atoms with E-state index in [1.807, 2.05) is 18.2 Å². The molecular formula is C35H49FO5Si. The fourth-order valence-corrected chi connectivity index (χ4v) is 5.59. The maximum absolute atomic E-state index is 15.6. The molecule has 7 heteroatoms. The normalized spacial score (nSPS) is 12.9. The van der Waals surface area contributed by atoms with Gasteiger partial charge in [0.05, 0.1) is 0 Å². The zero-order valence-electron chi connectivity index (χ0n) is 26.4. The maximum atomic E-state index is 15.6. The van der Waals surface area contributed by atoms with Crippen molar-refractivity contribution in [1.82, 2.24) is 0 Å². The molecule has 3 aromatic carbocycles. The molecule has 3 rings (SSSR count). The van der Waals surface area contributed by atoms with Gasteiger partial charge in [0, 0.05) is 29.9 Å². The highest BCUT2D eigenvalue weighted by molar-refractivity contribution is 6.74. The van der Waals surface area contributed by atoms with Gasteiger partial charge >= 0.3 is 0 Å². The Morgan fingerprint density at radius 1 is 0.881 bits per heavy atom. The molecule has 3 aromatic rings. The number of aromatic hydroxyl groups is 1. The molecule has 0 amide bonds. The molecule has 0 radical (unpaired) electrons. The van der Waals surface area contributed by atoms with Crippen LogP contribution in [0.2, 0.25) is 18.1 Å². The van der Waals surface area contributed by atoms with Crippen LogP contribution in [0.15, 0.2) is 54.6 Å². The molecule has 0 spiro atoms. The molecule has 0 bridgehead atoms. The van der Waals surface area contributed by atoms with E-state index in [4.69, 9.17) is 13.9 Å². The molecule has 1 atom stereocenters. The van der Waals surface area contributed by atoms with Crippen LogP contribution in [-0.4, -0.2) is 44.6 Å². The van der Waals surface area contributed by atoms with Gasteiger partial charge in [-0.25, -0.2) is 4.39 Å². The van der Waals surface area contributed by atoms with Gasteiger partial charge in [-0.05, 0) is 79.2 Å². The van der Waals surface area contributed by atoms with Crippen LogP contribution in [0.3, 0.4) is 0 Å². The van der Waals surface area contributed by atoms with Crippen molar-refractivity contribution in [2.24, 2.45) is 0 Å². The van der Waals surface area contributed by atoms with Gasteiger partial charge in [-0.3, -0.25) is 0 Å². The Morgan fingerprint density at radius 2 is 1.57 bits per heavy atom. The minimum absolute atomic E-state index is 0.0434. The molecule has 0 aliphatic heterocycles. The molecule has 0 aliphatic carbocycles. The fraction of sp³-hybridized carbons (Fsp3) is 0.486. The van der Waals surface area contributed by atoms with Crippen LogP contribution in [0.5, 0.6) is 11.5 Å². The molecule has 0 aliphatic rings. The van der Waals surface area contributed by atoms with Crippen molar-refractivity contribution in [2.45, 2.75) is 91.1 Å². The average molecular weight is 597 g/mol. The lowest BCUT2D eigenvalue weighted by Crippen LogP contribution is -2.41. The minimum atomic E-state index is -1.97. The molecule has 0 aromatic heterocycles. The number of aliphatic hydroxyl groups is 1. The zero-order chi connectivity index (χ0) is 30.9. The summed E-state index contributed by atoms with van der Waals surface area (Å²) in [6.45, 7) is 15.6.